The summed E-state index contributed by atoms with van der Waals surface area (Å²) < 4.78 is 5.44. The molecule has 0 fully saturated rings. The summed E-state index contributed by atoms with van der Waals surface area (Å²) in [4.78, 5) is 39.8. The van der Waals surface area contributed by atoms with Crippen LogP contribution in [0.1, 0.15) is 19.8 Å². The molecule has 0 saturated heterocycles. The van der Waals surface area contributed by atoms with Gasteiger partial charge in [0.2, 0.25) is 11.8 Å². The van der Waals surface area contributed by atoms with Crippen molar-refractivity contribution in [1.82, 2.24) is 4.98 Å². The minimum atomic E-state index is -1.01. The summed E-state index contributed by atoms with van der Waals surface area (Å²) in [5.74, 6) is -0.526. The van der Waals surface area contributed by atoms with Crippen LogP contribution in [0, 0.1) is 0 Å². The maximum Gasteiger partial charge on any atom is 0.303 e. The Morgan fingerprint density at radius 2 is 1.73 bits per heavy atom. The molecular weight excluding hydrogens is 462 g/mol. The van der Waals surface area contributed by atoms with Crippen molar-refractivity contribution in [3.63, 3.8) is 0 Å². The van der Waals surface area contributed by atoms with E-state index in [1.54, 1.807) is 24.3 Å². The molecule has 3 aromatic rings. The van der Waals surface area contributed by atoms with Gasteiger partial charge in [0.15, 0.2) is 5.13 Å². The van der Waals surface area contributed by atoms with Crippen LogP contribution in [0.15, 0.2) is 58.8 Å². The molecule has 172 valence electrons. The molecule has 0 aliphatic heterocycles. The van der Waals surface area contributed by atoms with Gasteiger partial charge in [-0.05, 0) is 55.5 Å². The molecule has 2 amide bonds. The number of nitrogens with one attached hydrogen (secondary N) is 2. The van der Waals surface area contributed by atoms with Crippen molar-refractivity contribution < 1.29 is 24.2 Å². The Kier molecular flexibility index (Phi) is 8.85. The number of carboxylic acid groups (broad SMARTS) is 1. The molecule has 0 aliphatic rings. The van der Waals surface area contributed by atoms with Crippen molar-refractivity contribution in [1.29, 1.82) is 0 Å². The Bertz CT molecular complexity index is 1100. The van der Waals surface area contributed by atoms with Crippen LogP contribution in [0.4, 0.5) is 10.8 Å². The maximum absolute atomic E-state index is 12.3. The molecule has 0 saturated carbocycles. The summed E-state index contributed by atoms with van der Waals surface area (Å²) in [6.07, 6.45) is -0.293. The number of anilines is 2. The molecule has 1 aromatic heterocycles. The van der Waals surface area contributed by atoms with Gasteiger partial charge in [-0.2, -0.15) is 0 Å². The minimum absolute atomic E-state index is 0.0803. The quantitative estimate of drug-likeness (QED) is 0.336. The maximum atomic E-state index is 12.3. The fraction of sp³-hybridized carbons (Fsp3) is 0.217. The van der Waals surface area contributed by atoms with Crippen LogP contribution < -0.4 is 15.4 Å². The molecular formula is C23H23N3O5S2. The predicted octanol–water partition coefficient (Wildman–Crippen LogP) is 4.74. The Balaban J connectivity index is 1.46. The minimum Gasteiger partial charge on any atom is -0.494 e. The molecule has 2 aromatic carbocycles. The van der Waals surface area contributed by atoms with Gasteiger partial charge in [-0.3, -0.25) is 14.4 Å². The van der Waals surface area contributed by atoms with E-state index in [1.165, 1.54) is 23.1 Å². The third-order valence-corrected chi connectivity index (χ3v) is 6.06. The first kappa shape index (κ1) is 24.3. The van der Waals surface area contributed by atoms with Crippen LogP contribution >= 0.6 is 23.1 Å². The highest BCUT2D eigenvalue weighted by atomic mass is 32.2. The van der Waals surface area contributed by atoms with E-state index >= 15 is 0 Å². The standard InChI is InChI=1S/C23H23N3O5S2/c1-2-31-17-7-3-15(4-8-17)19-13-33-23(25-19)26-21(28)14-32-18-9-5-16(6-10-18)24-20(27)11-12-22(29)30/h3-10,13H,2,11-12,14H2,1H3,(H,24,27)(H,29,30)(H,25,26,28). The van der Waals surface area contributed by atoms with E-state index in [0.717, 1.165) is 21.9 Å². The van der Waals surface area contributed by atoms with Crippen LogP contribution in [-0.2, 0) is 14.4 Å². The van der Waals surface area contributed by atoms with E-state index in [1.807, 2.05) is 36.6 Å². The van der Waals surface area contributed by atoms with Gasteiger partial charge in [0.25, 0.3) is 0 Å². The van der Waals surface area contributed by atoms with Gasteiger partial charge in [-0.15, -0.1) is 23.1 Å². The van der Waals surface area contributed by atoms with E-state index in [0.29, 0.717) is 17.4 Å². The predicted molar refractivity (Wildman–Crippen MR) is 130 cm³/mol. The van der Waals surface area contributed by atoms with Crippen molar-refractivity contribution in [2.75, 3.05) is 23.0 Å². The second-order valence-corrected chi connectivity index (χ2v) is 8.71. The van der Waals surface area contributed by atoms with Crippen LogP contribution in [0.5, 0.6) is 5.75 Å². The first-order chi connectivity index (χ1) is 15.9. The van der Waals surface area contributed by atoms with Crippen molar-refractivity contribution in [3.05, 3.63) is 53.9 Å². The second kappa shape index (κ2) is 12.0. The number of carbonyl (C=O) groups excluding carboxylic acids is 2. The van der Waals surface area contributed by atoms with Crippen LogP contribution in [-0.4, -0.2) is 40.2 Å². The highest BCUT2D eigenvalue weighted by Gasteiger charge is 2.10. The van der Waals surface area contributed by atoms with E-state index in [2.05, 4.69) is 15.6 Å². The fourth-order valence-electron chi connectivity index (χ4n) is 2.74. The molecule has 0 unspecified atom stereocenters. The molecule has 1 heterocycles. The number of carbonyl (C=O) groups is 3. The van der Waals surface area contributed by atoms with Gasteiger partial charge in [0.1, 0.15) is 5.75 Å². The Hall–Kier alpha value is -3.37. The van der Waals surface area contributed by atoms with E-state index in [9.17, 15) is 14.4 Å². The molecule has 0 atom stereocenters. The molecule has 33 heavy (non-hydrogen) atoms. The van der Waals surface area contributed by atoms with Crippen molar-refractivity contribution in [2.24, 2.45) is 0 Å². The van der Waals surface area contributed by atoms with Crippen LogP contribution in [0.3, 0.4) is 0 Å². The summed E-state index contributed by atoms with van der Waals surface area (Å²) in [7, 11) is 0. The molecule has 8 nitrogen and oxygen atoms in total. The van der Waals surface area contributed by atoms with Gasteiger partial charge >= 0.3 is 5.97 Å². The normalized spacial score (nSPS) is 10.5. The number of hydrogen-bond donors (Lipinski definition) is 3. The average molecular weight is 486 g/mol. The highest BCUT2D eigenvalue weighted by Crippen LogP contribution is 2.27. The molecule has 0 bridgehead atoms. The van der Waals surface area contributed by atoms with E-state index in [-0.39, 0.29) is 30.4 Å². The number of benzene rings is 2. The van der Waals surface area contributed by atoms with Gasteiger partial charge in [-0.25, -0.2) is 4.98 Å². The molecule has 10 heteroatoms. The first-order valence-corrected chi connectivity index (χ1v) is 12.0. The van der Waals surface area contributed by atoms with Gasteiger partial charge in [-0.1, -0.05) is 0 Å². The number of thiazole rings is 1. The van der Waals surface area contributed by atoms with E-state index in [4.69, 9.17) is 9.84 Å². The number of thioether (sulfide) groups is 1. The molecule has 3 rings (SSSR count). The zero-order valence-corrected chi connectivity index (χ0v) is 19.5. The lowest BCUT2D eigenvalue weighted by Gasteiger charge is -2.06. The van der Waals surface area contributed by atoms with Gasteiger partial charge in [0.05, 0.1) is 24.5 Å². The number of aliphatic carboxylic acids is 1. The molecule has 0 radical (unpaired) electrons. The van der Waals surface area contributed by atoms with Crippen molar-refractivity contribution in [3.8, 4) is 17.0 Å². The lowest BCUT2D eigenvalue weighted by molar-refractivity contribution is -0.138. The number of hydrogen-bond acceptors (Lipinski definition) is 7. The second-order valence-electron chi connectivity index (χ2n) is 6.80. The Morgan fingerprint density at radius 3 is 2.39 bits per heavy atom. The van der Waals surface area contributed by atoms with Gasteiger partial charge < -0.3 is 20.5 Å². The third kappa shape index (κ3) is 7.92. The average Bonchev–Trinajstić information content (AvgIpc) is 3.26. The fourth-order valence-corrected chi connectivity index (χ4v) is 4.17. The smallest absolute Gasteiger partial charge is 0.303 e. The van der Waals surface area contributed by atoms with Gasteiger partial charge in [0, 0.05) is 27.9 Å². The topological polar surface area (TPSA) is 118 Å². The van der Waals surface area contributed by atoms with Crippen LogP contribution in [0.25, 0.3) is 11.3 Å². The summed E-state index contributed by atoms with van der Waals surface area (Å²) in [5, 5.41) is 16.5. The van der Waals surface area contributed by atoms with E-state index < -0.39 is 5.97 Å². The largest absolute Gasteiger partial charge is 0.494 e. The molecule has 0 aliphatic carbocycles. The summed E-state index contributed by atoms with van der Waals surface area (Å²) in [6.45, 7) is 2.54. The highest BCUT2D eigenvalue weighted by molar-refractivity contribution is 8.00. The van der Waals surface area contributed by atoms with Crippen LogP contribution in [0.2, 0.25) is 0 Å². The number of amides is 2. The Morgan fingerprint density at radius 1 is 1.00 bits per heavy atom. The summed E-state index contributed by atoms with van der Waals surface area (Å²) >= 11 is 2.72. The SMILES string of the molecule is CCOc1ccc(-c2csc(NC(=O)CSc3ccc(NC(=O)CCC(=O)O)cc3)n2)cc1. The first-order valence-electron chi connectivity index (χ1n) is 10.2. The molecule has 0 spiro atoms. The monoisotopic (exact) mass is 485 g/mol. The molecule has 3 N–H and O–H groups in total. The number of rotatable bonds is 11. The number of aromatic nitrogens is 1. The Labute approximate surface area is 199 Å². The van der Waals surface area contributed by atoms with Crippen molar-refractivity contribution in [2.45, 2.75) is 24.7 Å². The summed E-state index contributed by atoms with van der Waals surface area (Å²) in [6, 6.07) is 14.6. The lowest BCUT2D eigenvalue weighted by atomic mass is 10.2. The zero-order valence-electron chi connectivity index (χ0n) is 17.9. The number of ether oxygens (including phenoxy) is 1. The third-order valence-electron chi connectivity index (χ3n) is 4.29. The number of carboxylic acids is 1. The van der Waals surface area contributed by atoms with Crippen molar-refractivity contribution >= 4 is 51.7 Å². The summed E-state index contributed by atoms with van der Waals surface area (Å²) in [5.41, 5.74) is 2.30. The zero-order chi connectivity index (χ0) is 23.6. The number of nitrogens with zero attached hydrogens (tertiary/aromatic N) is 1. The lowest BCUT2D eigenvalue weighted by Crippen LogP contribution is -2.14.